The quantitative estimate of drug-likeness (QED) is 0.519. The Hall–Kier alpha value is -1.56. The molecule has 4 nitrogen and oxygen atoms in total. The van der Waals surface area contributed by atoms with Gasteiger partial charge in [0.1, 0.15) is 0 Å². The van der Waals surface area contributed by atoms with Crippen LogP contribution in [0.3, 0.4) is 0 Å². The third kappa shape index (κ3) is 3.80. The fraction of sp³-hybridized carbons (Fsp3) is 0.353. The van der Waals surface area contributed by atoms with Crippen LogP contribution in [0.4, 0.5) is 0 Å². The molecule has 5 heteroatoms. The van der Waals surface area contributed by atoms with E-state index in [9.17, 15) is 10.3 Å². The van der Waals surface area contributed by atoms with Gasteiger partial charge >= 0.3 is 0 Å². The molecule has 1 unspecified atom stereocenters. The van der Waals surface area contributed by atoms with Crippen molar-refractivity contribution in [1.29, 1.82) is 0 Å². The van der Waals surface area contributed by atoms with Gasteiger partial charge in [-0.25, -0.2) is 0 Å². The van der Waals surface area contributed by atoms with E-state index in [1.807, 2.05) is 6.07 Å². The van der Waals surface area contributed by atoms with Crippen LogP contribution in [0, 0.1) is 5.21 Å². The monoisotopic (exact) mass is 316 g/mol. The van der Waals surface area contributed by atoms with Crippen LogP contribution >= 0.6 is 11.8 Å². The van der Waals surface area contributed by atoms with Crippen molar-refractivity contribution in [2.24, 2.45) is 0 Å². The van der Waals surface area contributed by atoms with Crippen LogP contribution in [0.25, 0.3) is 0 Å². The standard InChI is InChI=1S/C17H20N2O2S/c20-16(13-22-17-7-3-4-9-19(17)21)12-18-10-8-14-5-1-2-6-15(14)11-18/h1-7,9,16,20H,8,10-13H2. The molecule has 0 bridgehead atoms. The fourth-order valence-corrected chi connectivity index (χ4v) is 3.60. The van der Waals surface area contributed by atoms with Crippen LogP contribution < -0.4 is 4.73 Å². The van der Waals surface area contributed by atoms with E-state index in [0.717, 1.165) is 24.2 Å². The maximum atomic E-state index is 11.6. The molecule has 0 aliphatic carbocycles. The van der Waals surface area contributed by atoms with Crippen molar-refractivity contribution in [1.82, 2.24) is 4.90 Å². The van der Waals surface area contributed by atoms with Gasteiger partial charge in [-0.2, -0.15) is 4.73 Å². The number of benzene rings is 1. The highest BCUT2D eigenvalue weighted by atomic mass is 32.2. The third-order valence-electron chi connectivity index (χ3n) is 3.89. The summed E-state index contributed by atoms with van der Waals surface area (Å²) in [6.07, 6.45) is 2.08. The predicted octanol–water partition coefficient (Wildman–Crippen LogP) is 1.83. The lowest BCUT2D eigenvalue weighted by molar-refractivity contribution is -0.645. The second-order valence-corrected chi connectivity index (χ2v) is 6.62. The lowest BCUT2D eigenvalue weighted by atomic mass is 10.00. The molecule has 0 saturated carbocycles. The molecule has 2 heterocycles. The molecule has 0 amide bonds. The highest BCUT2D eigenvalue weighted by molar-refractivity contribution is 7.99. The van der Waals surface area contributed by atoms with Gasteiger partial charge in [-0.15, -0.1) is 0 Å². The number of aliphatic hydroxyl groups excluding tert-OH is 1. The molecule has 0 spiro atoms. The number of hydrogen-bond acceptors (Lipinski definition) is 4. The predicted molar refractivity (Wildman–Crippen MR) is 87.6 cm³/mol. The third-order valence-corrected chi connectivity index (χ3v) is 5.05. The summed E-state index contributed by atoms with van der Waals surface area (Å²) in [4.78, 5) is 2.28. The Kier molecular flexibility index (Phi) is 4.97. The van der Waals surface area contributed by atoms with Gasteiger partial charge in [0.05, 0.1) is 6.10 Å². The number of thioether (sulfide) groups is 1. The fourth-order valence-electron chi connectivity index (χ4n) is 2.77. The van der Waals surface area contributed by atoms with Crippen molar-refractivity contribution in [2.75, 3.05) is 18.8 Å². The lowest BCUT2D eigenvalue weighted by Gasteiger charge is -2.30. The number of rotatable bonds is 5. The number of nitrogens with zero attached hydrogens (tertiary/aromatic N) is 2. The largest absolute Gasteiger partial charge is 0.618 e. The van der Waals surface area contributed by atoms with Gasteiger partial charge in [-0.1, -0.05) is 36.0 Å². The normalized spacial score (nSPS) is 16.2. The summed E-state index contributed by atoms with van der Waals surface area (Å²) >= 11 is 1.40. The number of aliphatic hydroxyl groups is 1. The Balaban J connectivity index is 1.51. The molecular weight excluding hydrogens is 296 g/mol. The molecule has 0 radical (unpaired) electrons. The van der Waals surface area contributed by atoms with Crippen LogP contribution in [0.1, 0.15) is 11.1 Å². The highest BCUT2D eigenvalue weighted by Gasteiger charge is 2.19. The Morgan fingerprint density at radius 2 is 1.95 bits per heavy atom. The lowest BCUT2D eigenvalue weighted by Crippen LogP contribution is -2.37. The number of pyridine rings is 1. The van der Waals surface area contributed by atoms with E-state index in [2.05, 4.69) is 29.2 Å². The van der Waals surface area contributed by atoms with E-state index in [4.69, 9.17) is 0 Å². The minimum Gasteiger partial charge on any atom is -0.618 e. The van der Waals surface area contributed by atoms with E-state index in [1.54, 1.807) is 12.1 Å². The summed E-state index contributed by atoms with van der Waals surface area (Å²) in [6, 6.07) is 13.8. The second kappa shape index (κ2) is 7.13. The second-order valence-electron chi connectivity index (χ2n) is 5.58. The molecule has 116 valence electrons. The molecule has 2 aromatic rings. The average molecular weight is 316 g/mol. The summed E-state index contributed by atoms with van der Waals surface area (Å²) < 4.78 is 0.842. The van der Waals surface area contributed by atoms with Crippen molar-refractivity contribution in [3.05, 3.63) is 65.0 Å². The van der Waals surface area contributed by atoms with E-state index >= 15 is 0 Å². The SMILES string of the molecule is [O-][n+]1ccccc1SCC(O)CN1CCc2ccccc2C1. The Morgan fingerprint density at radius 1 is 1.18 bits per heavy atom. The van der Waals surface area contributed by atoms with Gasteiger partial charge in [-0.3, -0.25) is 4.90 Å². The minimum absolute atomic E-state index is 0.435. The van der Waals surface area contributed by atoms with E-state index in [0.29, 0.717) is 17.3 Å². The highest BCUT2D eigenvalue weighted by Crippen LogP contribution is 2.20. The molecule has 22 heavy (non-hydrogen) atoms. The van der Waals surface area contributed by atoms with Gasteiger partial charge < -0.3 is 10.3 Å². The Morgan fingerprint density at radius 3 is 2.77 bits per heavy atom. The van der Waals surface area contributed by atoms with Crippen molar-refractivity contribution < 1.29 is 9.84 Å². The van der Waals surface area contributed by atoms with Crippen molar-refractivity contribution in [3.63, 3.8) is 0 Å². The number of hydrogen-bond donors (Lipinski definition) is 1. The van der Waals surface area contributed by atoms with Gasteiger partial charge in [0.15, 0.2) is 6.20 Å². The zero-order valence-corrected chi connectivity index (χ0v) is 13.2. The van der Waals surface area contributed by atoms with Gasteiger partial charge in [0.2, 0.25) is 0 Å². The summed E-state index contributed by atoms with van der Waals surface area (Å²) in [6.45, 7) is 2.52. The summed E-state index contributed by atoms with van der Waals surface area (Å²) in [5.41, 5.74) is 2.77. The van der Waals surface area contributed by atoms with Crippen molar-refractivity contribution in [3.8, 4) is 0 Å². The first-order chi connectivity index (χ1) is 10.7. The van der Waals surface area contributed by atoms with Crippen LogP contribution in [0.5, 0.6) is 0 Å². The molecule has 3 rings (SSSR count). The van der Waals surface area contributed by atoms with Gasteiger partial charge in [0.25, 0.3) is 5.03 Å². The zero-order valence-electron chi connectivity index (χ0n) is 12.4. The van der Waals surface area contributed by atoms with Gasteiger partial charge in [-0.05, 0) is 23.6 Å². The molecule has 1 aliphatic rings. The Labute approximate surface area is 135 Å². The maximum Gasteiger partial charge on any atom is 0.251 e. The Bertz CT molecular complexity index is 636. The maximum absolute atomic E-state index is 11.6. The van der Waals surface area contributed by atoms with E-state index in [-0.39, 0.29) is 0 Å². The van der Waals surface area contributed by atoms with Gasteiger partial charge in [0, 0.05) is 37.5 Å². The zero-order chi connectivity index (χ0) is 15.4. The van der Waals surface area contributed by atoms with E-state index < -0.39 is 6.10 Å². The average Bonchev–Trinajstić information content (AvgIpc) is 2.54. The van der Waals surface area contributed by atoms with E-state index in [1.165, 1.54) is 29.1 Å². The number of aromatic nitrogens is 1. The summed E-state index contributed by atoms with van der Waals surface area (Å²) in [7, 11) is 0. The van der Waals surface area contributed by atoms with Crippen LogP contribution in [-0.2, 0) is 13.0 Å². The van der Waals surface area contributed by atoms with Crippen molar-refractivity contribution in [2.45, 2.75) is 24.1 Å². The molecule has 1 atom stereocenters. The smallest absolute Gasteiger partial charge is 0.251 e. The van der Waals surface area contributed by atoms with Crippen LogP contribution in [0.2, 0.25) is 0 Å². The molecule has 1 aromatic carbocycles. The number of β-amino-alcohol motifs (C(OH)–C–C–N with tert-alkyl or cyclic N) is 1. The summed E-state index contributed by atoms with van der Waals surface area (Å²) in [5, 5.41) is 22.4. The number of fused-ring (bicyclic) bond motifs is 1. The minimum atomic E-state index is -0.435. The van der Waals surface area contributed by atoms with Crippen molar-refractivity contribution >= 4 is 11.8 Å². The first-order valence-corrected chi connectivity index (χ1v) is 8.49. The molecular formula is C17H20N2O2S. The molecule has 1 N–H and O–H groups in total. The molecule has 0 saturated heterocycles. The van der Waals surface area contributed by atoms with Crippen LogP contribution in [-0.4, -0.2) is 35.0 Å². The topological polar surface area (TPSA) is 50.4 Å². The summed E-state index contributed by atoms with van der Waals surface area (Å²) in [5.74, 6) is 0.532. The first kappa shape index (κ1) is 15.3. The molecule has 1 aliphatic heterocycles. The molecule has 1 aromatic heterocycles. The molecule has 0 fully saturated rings. The first-order valence-electron chi connectivity index (χ1n) is 7.50. The van der Waals surface area contributed by atoms with Crippen LogP contribution in [0.15, 0.2) is 53.7 Å².